The molecule has 2 atom stereocenters. The third-order valence-electron chi connectivity index (χ3n) is 4.30. The van der Waals surface area contributed by atoms with Crippen LogP contribution in [0.1, 0.15) is 18.4 Å². The number of rotatable bonds is 5. The number of hydrogen-bond acceptors (Lipinski definition) is 5. The zero-order valence-electron chi connectivity index (χ0n) is 13.7. The molecular formula is C17H19N3O4S. The maximum Gasteiger partial charge on any atom is 0.241 e. The summed E-state index contributed by atoms with van der Waals surface area (Å²) in [5, 5.41) is 3.64. The number of primary amides is 1. The van der Waals surface area contributed by atoms with Crippen molar-refractivity contribution in [2.45, 2.75) is 30.7 Å². The number of benzene rings is 1. The first-order valence-corrected chi connectivity index (χ1v) is 9.35. The lowest BCUT2D eigenvalue weighted by Crippen LogP contribution is -2.46. The normalized spacial score (nSPS) is 20.5. The van der Waals surface area contributed by atoms with Crippen LogP contribution in [-0.4, -0.2) is 25.5 Å². The van der Waals surface area contributed by atoms with Crippen LogP contribution in [0, 0.1) is 12.8 Å². The van der Waals surface area contributed by atoms with Crippen molar-refractivity contribution in [3.63, 3.8) is 0 Å². The van der Waals surface area contributed by atoms with E-state index in [0.717, 1.165) is 0 Å². The molecule has 1 aliphatic carbocycles. The zero-order valence-corrected chi connectivity index (χ0v) is 14.5. The highest BCUT2D eigenvalue weighted by molar-refractivity contribution is 7.89. The van der Waals surface area contributed by atoms with Gasteiger partial charge in [-0.3, -0.25) is 4.79 Å². The number of carbonyl (C=O) groups is 1. The third-order valence-corrected chi connectivity index (χ3v) is 5.94. The Bertz CT molecular complexity index is 904. The first-order chi connectivity index (χ1) is 11.9. The Balaban J connectivity index is 1.93. The Hall–Kier alpha value is -2.45. The lowest BCUT2D eigenvalue weighted by atomic mass is 9.89. The second kappa shape index (κ2) is 6.81. The molecular weight excluding hydrogens is 342 g/mol. The van der Waals surface area contributed by atoms with E-state index in [2.05, 4.69) is 9.88 Å². The first kappa shape index (κ1) is 17.4. The van der Waals surface area contributed by atoms with E-state index in [9.17, 15) is 13.2 Å². The summed E-state index contributed by atoms with van der Waals surface area (Å²) in [6, 6.07) is 6.11. The largest absolute Gasteiger partial charge is 0.369 e. The fourth-order valence-corrected chi connectivity index (χ4v) is 4.49. The average Bonchev–Trinajstić information content (AvgIpc) is 3.09. The number of aryl methyl sites for hydroxylation is 1. The summed E-state index contributed by atoms with van der Waals surface area (Å²) in [6.45, 7) is 1.71. The molecule has 1 aromatic heterocycles. The standard InChI is InChI=1S/C17H19N3O4S/c1-11-6-7-12(15-8-9-19-24-15)10-16(11)25(22,23)20-14-5-3-2-4-13(14)17(18)21/h2-3,6-10,13-14,20H,4-5H2,1H3,(H2,18,21)/t13-,14-/m0/s1. The minimum atomic E-state index is -3.82. The monoisotopic (exact) mass is 361 g/mol. The number of allylic oxidation sites excluding steroid dienone is 1. The van der Waals surface area contributed by atoms with Crippen LogP contribution in [0.3, 0.4) is 0 Å². The van der Waals surface area contributed by atoms with Gasteiger partial charge >= 0.3 is 0 Å². The number of hydrogen-bond donors (Lipinski definition) is 2. The van der Waals surface area contributed by atoms with Gasteiger partial charge in [0.2, 0.25) is 15.9 Å². The summed E-state index contributed by atoms with van der Waals surface area (Å²) in [6.07, 6.45) is 6.04. The number of sulfonamides is 1. The number of nitrogens with one attached hydrogen (secondary N) is 1. The molecule has 1 aromatic carbocycles. The van der Waals surface area contributed by atoms with Crippen molar-refractivity contribution in [1.29, 1.82) is 0 Å². The van der Waals surface area contributed by atoms with Gasteiger partial charge < -0.3 is 10.3 Å². The molecule has 0 radical (unpaired) electrons. The highest BCUT2D eigenvalue weighted by atomic mass is 32.2. The minimum Gasteiger partial charge on any atom is -0.369 e. The van der Waals surface area contributed by atoms with Gasteiger partial charge in [-0.15, -0.1) is 0 Å². The summed E-state index contributed by atoms with van der Waals surface area (Å²) in [5.41, 5.74) is 6.61. The Kier molecular flexibility index (Phi) is 4.73. The highest BCUT2D eigenvalue weighted by Crippen LogP contribution is 2.26. The molecule has 1 aliphatic rings. The third kappa shape index (κ3) is 3.64. The van der Waals surface area contributed by atoms with Gasteiger partial charge in [0.25, 0.3) is 0 Å². The van der Waals surface area contributed by atoms with E-state index in [1.165, 1.54) is 12.3 Å². The van der Waals surface area contributed by atoms with E-state index in [1.54, 1.807) is 25.1 Å². The van der Waals surface area contributed by atoms with Gasteiger partial charge in [0.1, 0.15) is 0 Å². The van der Waals surface area contributed by atoms with E-state index in [-0.39, 0.29) is 4.90 Å². The van der Waals surface area contributed by atoms with Crippen molar-refractivity contribution >= 4 is 15.9 Å². The van der Waals surface area contributed by atoms with Gasteiger partial charge in [0.15, 0.2) is 5.76 Å². The SMILES string of the molecule is Cc1ccc(-c2ccno2)cc1S(=O)(=O)N[C@H]1CC=CC[C@@H]1C(N)=O. The zero-order chi connectivity index (χ0) is 18.0. The van der Waals surface area contributed by atoms with Crippen molar-refractivity contribution in [3.05, 3.63) is 48.2 Å². The molecule has 0 fully saturated rings. The Morgan fingerprint density at radius 3 is 2.72 bits per heavy atom. The Morgan fingerprint density at radius 1 is 1.28 bits per heavy atom. The summed E-state index contributed by atoms with van der Waals surface area (Å²) in [7, 11) is -3.82. The maximum atomic E-state index is 12.9. The number of aromatic nitrogens is 1. The molecule has 3 rings (SSSR count). The molecule has 0 saturated carbocycles. The first-order valence-electron chi connectivity index (χ1n) is 7.87. The smallest absolute Gasteiger partial charge is 0.241 e. The Labute approximate surface area is 145 Å². The van der Waals surface area contributed by atoms with Crippen LogP contribution >= 0.6 is 0 Å². The fourth-order valence-electron chi connectivity index (χ4n) is 2.93. The van der Waals surface area contributed by atoms with Gasteiger partial charge in [-0.25, -0.2) is 13.1 Å². The summed E-state index contributed by atoms with van der Waals surface area (Å²) in [5.74, 6) is -0.589. The number of carbonyl (C=O) groups excluding carboxylic acids is 1. The molecule has 1 heterocycles. The van der Waals surface area contributed by atoms with Crippen molar-refractivity contribution in [1.82, 2.24) is 9.88 Å². The van der Waals surface area contributed by atoms with Crippen LogP contribution in [0.15, 0.2) is 52.0 Å². The van der Waals surface area contributed by atoms with E-state index >= 15 is 0 Å². The average molecular weight is 361 g/mol. The van der Waals surface area contributed by atoms with E-state index in [0.29, 0.717) is 29.7 Å². The molecule has 8 heteroatoms. The topological polar surface area (TPSA) is 115 Å². The molecule has 0 spiro atoms. The van der Waals surface area contributed by atoms with Crippen LogP contribution in [-0.2, 0) is 14.8 Å². The van der Waals surface area contributed by atoms with Crippen LogP contribution in [0.2, 0.25) is 0 Å². The van der Waals surface area contributed by atoms with Crippen LogP contribution < -0.4 is 10.5 Å². The van der Waals surface area contributed by atoms with Crippen LogP contribution in [0.5, 0.6) is 0 Å². The van der Waals surface area contributed by atoms with E-state index in [4.69, 9.17) is 10.3 Å². The molecule has 0 unspecified atom stereocenters. The van der Waals surface area contributed by atoms with Gasteiger partial charge in [-0.1, -0.05) is 29.4 Å². The fraction of sp³-hybridized carbons (Fsp3) is 0.294. The summed E-state index contributed by atoms with van der Waals surface area (Å²) >= 11 is 0. The van der Waals surface area contributed by atoms with Crippen molar-refractivity contribution < 1.29 is 17.7 Å². The molecule has 25 heavy (non-hydrogen) atoms. The molecule has 132 valence electrons. The van der Waals surface area contributed by atoms with Crippen LogP contribution in [0.25, 0.3) is 11.3 Å². The van der Waals surface area contributed by atoms with Crippen molar-refractivity contribution in [3.8, 4) is 11.3 Å². The van der Waals surface area contributed by atoms with Crippen molar-refractivity contribution in [2.75, 3.05) is 0 Å². The molecule has 0 bridgehead atoms. The predicted molar refractivity (Wildman–Crippen MR) is 91.8 cm³/mol. The quantitative estimate of drug-likeness (QED) is 0.787. The van der Waals surface area contributed by atoms with Gasteiger partial charge in [0.05, 0.1) is 17.0 Å². The van der Waals surface area contributed by atoms with Crippen LogP contribution in [0.4, 0.5) is 0 Å². The molecule has 0 saturated heterocycles. The second-order valence-electron chi connectivity index (χ2n) is 6.04. The molecule has 7 nitrogen and oxygen atoms in total. The van der Waals surface area contributed by atoms with Gasteiger partial charge in [-0.05, 0) is 31.4 Å². The lowest BCUT2D eigenvalue weighted by Gasteiger charge is -2.27. The summed E-state index contributed by atoms with van der Waals surface area (Å²) in [4.78, 5) is 11.7. The number of amides is 1. The molecule has 0 aliphatic heterocycles. The number of nitrogens with two attached hydrogens (primary N) is 1. The van der Waals surface area contributed by atoms with E-state index < -0.39 is 27.9 Å². The Morgan fingerprint density at radius 2 is 2.04 bits per heavy atom. The van der Waals surface area contributed by atoms with E-state index in [1.807, 2.05) is 12.2 Å². The van der Waals surface area contributed by atoms with Gasteiger partial charge in [-0.2, -0.15) is 0 Å². The molecule has 1 amide bonds. The second-order valence-corrected chi connectivity index (χ2v) is 7.72. The molecule has 2 aromatic rings. The lowest BCUT2D eigenvalue weighted by molar-refractivity contribution is -0.122. The predicted octanol–water partition coefficient (Wildman–Crippen LogP) is 1.75. The van der Waals surface area contributed by atoms with Crippen molar-refractivity contribution in [2.24, 2.45) is 11.7 Å². The van der Waals surface area contributed by atoms with Gasteiger partial charge in [0, 0.05) is 17.7 Å². The summed E-state index contributed by atoms with van der Waals surface area (Å²) < 4.78 is 33.5. The molecule has 3 N–H and O–H groups in total. The maximum absolute atomic E-state index is 12.9. The number of nitrogens with zero attached hydrogens (tertiary/aromatic N) is 1. The highest BCUT2D eigenvalue weighted by Gasteiger charge is 2.31. The minimum absolute atomic E-state index is 0.138.